The van der Waals surface area contributed by atoms with Gasteiger partial charge in [-0.1, -0.05) is 12.1 Å². The van der Waals surface area contributed by atoms with E-state index in [0.717, 1.165) is 5.56 Å². The van der Waals surface area contributed by atoms with Crippen molar-refractivity contribution in [2.45, 2.75) is 24.8 Å². The first-order chi connectivity index (χ1) is 9.92. The standard InChI is InChI=1S/C14H19N3O3S/c1-11-15-14(10-17(11)2)21(19,20)16-13-7-3-5-12(9-13)6-4-8-18/h3,5,7,9-10,16,18H,4,6,8H2,1-2H3. The lowest BCUT2D eigenvalue weighted by Crippen LogP contribution is -2.13. The predicted octanol–water partition coefficient (Wildman–Crippen LogP) is 1.45. The lowest BCUT2D eigenvalue weighted by Gasteiger charge is -2.07. The number of hydrogen-bond acceptors (Lipinski definition) is 4. The van der Waals surface area contributed by atoms with Gasteiger partial charge in [-0.3, -0.25) is 4.72 Å². The average Bonchev–Trinajstić information content (AvgIpc) is 2.77. The maximum absolute atomic E-state index is 12.3. The molecule has 1 heterocycles. The van der Waals surface area contributed by atoms with Crippen molar-refractivity contribution in [2.24, 2.45) is 7.05 Å². The van der Waals surface area contributed by atoms with Gasteiger partial charge in [-0.15, -0.1) is 0 Å². The summed E-state index contributed by atoms with van der Waals surface area (Å²) in [6.45, 7) is 1.86. The molecule has 0 fully saturated rings. The Labute approximate surface area is 124 Å². The van der Waals surface area contributed by atoms with Crippen LogP contribution in [0.25, 0.3) is 0 Å². The number of imidazole rings is 1. The zero-order valence-corrected chi connectivity index (χ0v) is 12.9. The number of aromatic nitrogens is 2. The maximum Gasteiger partial charge on any atom is 0.280 e. The van der Waals surface area contributed by atoms with E-state index < -0.39 is 10.0 Å². The molecule has 0 radical (unpaired) electrons. The molecular formula is C14H19N3O3S. The van der Waals surface area contributed by atoms with Crippen molar-refractivity contribution in [3.63, 3.8) is 0 Å². The first kappa shape index (κ1) is 15.5. The van der Waals surface area contributed by atoms with Crippen molar-refractivity contribution in [1.82, 2.24) is 9.55 Å². The van der Waals surface area contributed by atoms with Crippen molar-refractivity contribution in [1.29, 1.82) is 0 Å². The van der Waals surface area contributed by atoms with Gasteiger partial charge in [0.05, 0.1) is 0 Å². The second-order valence-electron chi connectivity index (χ2n) is 4.87. The first-order valence-electron chi connectivity index (χ1n) is 6.65. The monoisotopic (exact) mass is 309 g/mol. The van der Waals surface area contributed by atoms with E-state index in [-0.39, 0.29) is 11.6 Å². The van der Waals surface area contributed by atoms with E-state index in [1.165, 1.54) is 6.20 Å². The SMILES string of the molecule is Cc1nc(S(=O)(=O)Nc2cccc(CCCO)c2)cn1C. The van der Waals surface area contributed by atoms with Gasteiger partial charge in [0.15, 0.2) is 5.03 Å². The molecule has 0 aliphatic rings. The van der Waals surface area contributed by atoms with Gasteiger partial charge in [-0.05, 0) is 37.5 Å². The Kier molecular flexibility index (Phi) is 4.64. The van der Waals surface area contributed by atoms with E-state index >= 15 is 0 Å². The van der Waals surface area contributed by atoms with Gasteiger partial charge >= 0.3 is 0 Å². The molecule has 114 valence electrons. The number of sulfonamides is 1. The molecule has 2 N–H and O–H groups in total. The Morgan fingerprint density at radius 2 is 2.14 bits per heavy atom. The summed E-state index contributed by atoms with van der Waals surface area (Å²) in [5.41, 5.74) is 1.47. The van der Waals surface area contributed by atoms with Gasteiger partial charge < -0.3 is 9.67 Å². The van der Waals surface area contributed by atoms with Gasteiger partial charge in [0.25, 0.3) is 10.0 Å². The fraction of sp³-hybridized carbons (Fsp3) is 0.357. The molecule has 0 bridgehead atoms. The van der Waals surface area contributed by atoms with Crippen LogP contribution in [0.1, 0.15) is 17.8 Å². The quantitative estimate of drug-likeness (QED) is 0.846. The van der Waals surface area contributed by atoms with Crippen molar-refractivity contribution in [3.05, 3.63) is 41.9 Å². The number of rotatable bonds is 6. The number of anilines is 1. The van der Waals surface area contributed by atoms with Crippen molar-refractivity contribution in [3.8, 4) is 0 Å². The van der Waals surface area contributed by atoms with Crippen molar-refractivity contribution < 1.29 is 13.5 Å². The molecule has 0 atom stereocenters. The largest absolute Gasteiger partial charge is 0.396 e. The van der Waals surface area contributed by atoms with E-state index in [2.05, 4.69) is 9.71 Å². The molecule has 7 heteroatoms. The normalized spacial score (nSPS) is 11.6. The van der Waals surface area contributed by atoms with Crippen LogP contribution in [-0.4, -0.2) is 29.7 Å². The summed E-state index contributed by atoms with van der Waals surface area (Å²) in [5, 5.41) is 8.84. The molecule has 0 unspecified atom stereocenters. The van der Waals surface area contributed by atoms with Crippen molar-refractivity contribution >= 4 is 15.7 Å². The van der Waals surface area contributed by atoms with Gasteiger partial charge in [-0.25, -0.2) is 4.98 Å². The second kappa shape index (κ2) is 6.28. The molecule has 1 aromatic carbocycles. The van der Waals surface area contributed by atoms with Crippen LogP contribution in [0.15, 0.2) is 35.5 Å². The number of aliphatic hydroxyl groups is 1. The predicted molar refractivity (Wildman–Crippen MR) is 80.6 cm³/mol. The fourth-order valence-corrected chi connectivity index (χ4v) is 3.03. The highest BCUT2D eigenvalue weighted by atomic mass is 32.2. The molecule has 0 aliphatic carbocycles. The average molecular weight is 309 g/mol. The number of nitrogens with one attached hydrogen (secondary N) is 1. The molecule has 0 saturated heterocycles. The summed E-state index contributed by atoms with van der Waals surface area (Å²) in [4.78, 5) is 4.03. The summed E-state index contributed by atoms with van der Waals surface area (Å²) < 4.78 is 28.7. The molecule has 0 spiro atoms. The van der Waals surface area contributed by atoms with E-state index in [4.69, 9.17) is 5.11 Å². The summed E-state index contributed by atoms with van der Waals surface area (Å²) in [5.74, 6) is 0.632. The van der Waals surface area contributed by atoms with Crippen LogP contribution in [0.5, 0.6) is 0 Å². The summed E-state index contributed by atoms with van der Waals surface area (Å²) in [6, 6.07) is 7.14. The molecule has 2 rings (SSSR count). The van der Waals surface area contributed by atoms with Crippen LogP contribution in [0, 0.1) is 6.92 Å². The minimum Gasteiger partial charge on any atom is -0.396 e. The molecule has 6 nitrogen and oxygen atoms in total. The molecule has 2 aromatic rings. The molecular weight excluding hydrogens is 290 g/mol. The highest BCUT2D eigenvalue weighted by Crippen LogP contribution is 2.17. The van der Waals surface area contributed by atoms with E-state index in [1.807, 2.05) is 6.07 Å². The van der Waals surface area contributed by atoms with Gasteiger partial charge in [0.1, 0.15) is 5.82 Å². The number of benzene rings is 1. The lowest BCUT2D eigenvalue weighted by molar-refractivity contribution is 0.288. The van der Waals surface area contributed by atoms with E-state index in [0.29, 0.717) is 24.4 Å². The molecule has 0 saturated carbocycles. The number of aryl methyl sites for hydroxylation is 3. The Hall–Kier alpha value is -1.86. The topological polar surface area (TPSA) is 84.2 Å². The van der Waals surface area contributed by atoms with E-state index in [1.54, 1.807) is 36.7 Å². The Bertz CT molecular complexity index is 703. The number of nitrogens with zero attached hydrogens (tertiary/aromatic N) is 2. The van der Waals surface area contributed by atoms with Gasteiger partial charge in [0, 0.05) is 25.5 Å². The Morgan fingerprint density at radius 1 is 1.38 bits per heavy atom. The second-order valence-corrected chi connectivity index (χ2v) is 6.50. The van der Waals surface area contributed by atoms with Crippen molar-refractivity contribution in [2.75, 3.05) is 11.3 Å². The third-order valence-corrected chi connectivity index (χ3v) is 4.42. The van der Waals surface area contributed by atoms with Gasteiger partial charge in [-0.2, -0.15) is 8.42 Å². The van der Waals surface area contributed by atoms with Crippen LogP contribution in [0.2, 0.25) is 0 Å². The summed E-state index contributed by atoms with van der Waals surface area (Å²) >= 11 is 0. The minimum atomic E-state index is -3.68. The molecule has 1 aromatic heterocycles. The molecule has 21 heavy (non-hydrogen) atoms. The third-order valence-electron chi connectivity index (χ3n) is 3.16. The molecule has 0 amide bonds. The Balaban J connectivity index is 2.20. The zero-order chi connectivity index (χ0) is 15.5. The first-order valence-corrected chi connectivity index (χ1v) is 8.13. The van der Waals surface area contributed by atoms with Gasteiger partial charge in [0.2, 0.25) is 0 Å². The maximum atomic E-state index is 12.3. The van der Waals surface area contributed by atoms with E-state index in [9.17, 15) is 8.42 Å². The van der Waals surface area contributed by atoms with Crippen LogP contribution >= 0.6 is 0 Å². The third kappa shape index (κ3) is 3.83. The smallest absolute Gasteiger partial charge is 0.280 e. The summed E-state index contributed by atoms with van der Waals surface area (Å²) in [6.07, 6.45) is 2.83. The Morgan fingerprint density at radius 3 is 2.76 bits per heavy atom. The summed E-state index contributed by atoms with van der Waals surface area (Å²) in [7, 11) is -1.94. The van der Waals surface area contributed by atoms with Crippen LogP contribution in [0.3, 0.4) is 0 Å². The zero-order valence-electron chi connectivity index (χ0n) is 12.1. The number of hydrogen-bond donors (Lipinski definition) is 2. The van der Waals surface area contributed by atoms with Crippen LogP contribution in [-0.2, 0) is 23.5 Å². The minimum absolute atomic E-state index is 0.00302. The molecule has 0 aliphatic heterocycles. The fourth-order valence-electron chi connectivity index (χ4n) is 1.94. The van der Waals surface area contributed by atoms with Crippen LogP contribution < -0.4 is 4.72 Å². The van der Waals surface area contributed by atoms with Crippen LogP contribution in [0.4, 0.5) is 5.69 Å². The highest BCUT2D eigenvalue weighted by Gasteiger charge is 2.18. The number of aliphatic hydroxyl groups excluding tert-OH is 1. The lowest BCUT2D eigenvalue weighted by atomic mass is 10.1. The highest BCUT2D eigenvalue weighted by molar-refractivity contribution is 7.92.